The minimum atomic E-state index is -4.40. The summed E-state index contributed by atoms with van der Waals surface area (Å²) in [5, 5.41) is 0.418. The van der Waals surface area contributed by atoms with Crippen LogP contribution < -0.4 is 0 Å². The lowest BCUT2D eigenvalue weighted by Gasteiger charge is -2.06. The van der Waals surface area contributed by atoms with Crippen molar-refractivity contribution in [2.75, 3.05) is 6.61 Å². The summed E-state index contributed by atoms with van der Waals surface area (Å²) >= 11 is 0. The molecule has 0 amide bonds. The smallest absolute Gasteiger partial charge is 0.416 e. The Labute approximate surface area is 101 Å². The van der Waals surface area contributed by atoms with E-state index in [1.165, 1.54) is 12.3 Å². The van der Waals surface area contributed by atoms with Crippen LogP contribution in [0.3, 0.4) is 0 Å². The van der Waals surface area contributed by atoms with Crippen molar-refractivity contribution in [2.24, 2.45) is 0 Å². The third-order valence-electron chi connectivity index (χ3n) is 2.50. The summed E-state index contributed by atoms with van der Waals surface area (Å²) in [6, 6.07) is 3.18. The highest BCUT2D eigenvalue weighted by atomic mass is 19.4. The second-order valence-electron chi connectivity index (χ2n) is 3.68. The Hall–Kier alpha value is -1.98. The highest BCUT2D eigenvalue weighted by Crippen LogP contribution is 2.32. The van der Waals surface area contributed by atoms with Crippen molar-refractivity contribution in [3.05, 3.63) is 35.5 Å². The van der Waals surface area contributed by atoms with E-state index in [-0.39, 0.29) is 17.7 Å². The van der Waals surface area contributed by atoms with Gasteiger partial charge in [0, 0.05) is 17.1 Å². The predicted molar refractivity (Wildman–Crippen MR) is 59.3 cm³/mol. The van der Waals surface area contributed by atoms with Crippen molar-refractivity contribution in [1.29, 1.82) is 0 Å². The van der Waals surface area contributed by atoms with Crippen LogP contribution in [-0.2, 0) is 10.9 Å². The predicted octanol–water partition coefficient (Wildman–Crippen LogP) is 3.36. The summed E-state index contributed by atoms with van der Waals surface area (Å²) in [5.41, 5.74) is -0.263. The number of aromatic nitrogens is 1. The Bertz CT molecular complexity index is 587. The molecule has 6 heteroatoms. The van der Waals surface area contributed by atoms with Crippen molar-refractivity contribution in [3.63, 3.8) is 0 Å². The molecule has 18 heavy (non-hydrogen) atoms. The average Bonchev–Trinajstić information content (AvgIpc) is 2.70. The summed E-state index contributed by atoms with van der Waals surface area (Å²) in [6.45, 7) is 1.88. The third-order valence-corrected chi connectivity index (χ3v) is 2.50. The maximum absolute atomic E-state index is 12.5. The summed E-state index contributed by atoms with van der Waals surface area (Å²) in [7, 11) is 0. The second kappa shape index (κ2) is 4.36. The number of halogens is 3. The van der Waals surface area contributed by atoms with Gasteiger partial charge in [-0.25, -0.2) is 4.79 Å². The molecule has 0 aliphatic carbocycles. The number of benzene rings is 1. The highest BCUT2D eigenvalue weighted by Gasteiger charge is 2.30. The van der Waals surface area contributed by atoms with Crippen molar-refractivity contribution in [2.45, 2.75) is 13.1 Å². The number of esters is 1. The lowest BCUT2D eigenvalue weighted by atomic mass is 10.1. The van der Waals surface area contributed by atoms with Gasteiger partial charge in [-0.2, -0.15) is 13.2 Å². The molecule has 1 heterocycles. The number of fused-ring (bicyclic) bond motifs is 1. The van der Waals surface area contributed by atoms with Gasteiger partial charge in [-0.1, -0.05) is 6.07 Å². The molecule has 0 aliphatic rings. The summed E-state index contributed by atoms with van der Waals surface area (Å²) in [6.07, 6.45) is -3.05. The normalized spacial score (nSPS) is 11.8. The SMILES string of the molecule is CCOC(=O)c1c[nH]c2cc(C(F)(F)F)ccc12. The Kier molecular flexibility index (Phi) is 3.02. The molecule has 0 fully saturated rings. The van der Waals surface area contributed by atoms with Gasteiger partial charge in [-0.3, -0.25) is 0 Å². The van der Waals surface area contributed by atoms with Crippen LogP contribution in [0, 0.1) is 0 Å². The zero-order valence-electron chi connectivity index (χ0n) is 9.47. The molecular weight excluding hydrogens is 247 g/mol. The third kappa shape index (κ3) is 2.18. The lowest BCUT2D eigenvalue weighted by molar-refractivity contribution is -0.137. The minimum Gasteiger partial charge on any atom is -0.462 e. The van der Waals surface area contributed by atoms with Crippen molar-refractivity contribution in [3.8, 4) is 0 Å². The Balaban J connectivity index is 2.47. The van der Waals surface area contributed by atoms with Crippen LogP contribution in [0.2, 0.25) is 0 Å². The Morgan fingerprint density at radius 3 is 2.72 bits per heavy atom. The van der Waals surface area contributed by atoms with Crippen LogP contribution in [0.4, 0.5) is 13.2 Å². The van der Waals surface area contributed by atoms with Crippen LogP contribution in [0.15, 0.2) is 24.4 Å². The van der Waals surface area contributed by atoms with Crippen molar-refractivity contribution >= 4 is 16.9 Å². The summed E-state index contributed by atoms with van der Waals surface area (Å²) in [4.78, 5) is 14.2. The molecule has 3 nitrogen and oxygen atoms in total. The van der Waals surface area contributed by atoms with E-state index in [1.54, 1.807) is 6.92 Å². The first-order valence-corrected chi connectivity index (χ1v) is 5.29. The number of carbonyl (C=O) groups is 1. The van der Waals surface area contributed by atoms with E-state index in [1.807, 2.05) is 0 Å². The number of carbonyl (C=O) groups excluding carboxylic acids is 1. The zero-order valence-corrected chi connectivity index (χ0v) is 9.47. The fraction of sp³-hybridized carbons (Fsp3) is 0.250. The van der Waals surface area contributed by atoms with Crippen LogP contribution >= 0.6 is 0 Å². The molecule has 1 aromatic heterocycles. The molecule has 2 rings (SSSR count). The van der Waals surface area contributed by atoms with E-state index < -0.39 is 17.7 Å². The molecular formula is C12H10F3NO2. The first kappa shape index (κ1) is 12.5. The van der Waals surface area contributed by atoms with E-state index >= 15 is 0 Å². The fourth-order valence-corrected chi connectivity index (χ4v) is 1.68. The largest absolute Gasteiger partial charge is 0.462 e. The number of hydrogen-bond acceptors (Lipinski definition) is 2. The van der Waals surface area contributed by atoms with Gasteiger partial charge in [0.1, 0.15) is 0 Å². The monoisotopic (exact) mass is 257 g/mol. The highest BCUT2D eigenvalue weighted by molar-refractivity contribution is 6.04. The van der Waals surface area contributed by atoms with E-state index in [0.717, 1.165) is 12.1 Å². The fourth-order valence-electron chi connectivity index (χ4n) is 1.68. The molecule has 1 aromatic carbocycles. The molecule has 0 saturated heterocycles. The number of nitrogens with one attached hydrogen (secondary N) is 1. The number of aromatic amines is 1. The molecule has 0 saturated carbocycles. The zero-order chi connectivity index (χ0) is 13.3. The quantitative estimate of drug-likeness (QED) is 0.838. The standard InChI is InChI=1S/C12H10F3NO2/c1-2-18-11(17)9-6-16-10-5-7(12(13,14)15)3-4-8(9)10/h3-6,16H,2H2,1H3. The number of rotatable bonds is 2. The van der Waals surface area contributed by atoms with E-state index in [2.05, 4.69) is 4.98 Å². The van der Waals surface area contributed by atoms with Crippen molar-refractivity contribution < 1.29 is 22.7 Å². The van der Waals surface area contributed by atoms with Crippen LogP contribution in [0.25, 0.3) is 10.9 Å². The minimum absolute atomic E-state index is 0.214. The van der Waals surface area contributed by atoms with Gasteiger partial charge in [-0.15, -0.1) is 0 Å². The Morgan fingerprint density at radius 1 is 1.39 bits per heavy atom. The molecule has 0 bridgehead atoms. The van der Waals surface area contributed by atoms with Crippen LogP contribution in [-0.4, -0.2) is 17.6 Å². The summed E-state index contributed by atoms with van der Waals surface area (Å²) < 4.78 is 42.3. The number of H-pyrrole nitrogens is 1. The van der Waals surface area contributed by atoms with Gasteiger partial charge in [-0.05, 0) is 19.1 Å². The molecule has 96 valence electrons. The van der Waals surface area contributed by atoms with E-state index in [9.17, 15) is 18.0 Å². The van der Waals surface area contributed by atoms with Gasteiger partial charge in [0.25, 0.3) is 0 Å². The molecule has 0 atom stereocenters. The van der Waals surface area contributed by atoms with Gasteiger partial charge in [0.15, 0.2) is 0 Å². The molecule has 0 spiro atoms. The maximum atomic E-state index is 12.5. The molecule has 0 radical (unpaired) electrons. The van der Waals surface area contributed by atoms with Crippen LogP contribution in [0.5, 0.6) is 0 Å². The number of hydrogen-bond donors (Lipinski definition) is 1. The lowest BCUT2D eigenvalue weighted by Crippen LogP contribution is -2.05. The average molecular weight is 257 g/mol. The second-order valence-corrected chi connectivity index (χ2v) is 3.68. The Morgan fingerprint density at radius 2 is 2.11 bits per heavy atom. The summed E-state index contributed by atoms with van der Waals surface area (Å²) in [5.74, 6) is -0.552. The molecule has 0 aliphatic heterocycles. The topological polar surface area (TPSA) is 42.1 Å². The molecule has 2 aromatic rings. The first-order chi connectivity index (χ1) is 8.43. The van der Waals surface area contributed by atoms with Gasteiger partial charge >= 0.3 is 12.1 Å². The first-order valence-electron chi connectivity index (χ1n) is 5.29. The number of alkyl halides is 3. The maximum Gasteiger partial charge on any atom is 0.416 e. The van der Waals surface area contributed by atoms with Gasteiger partial charge in [0.05, 0.1) is 17.7 Å². The molecule has 1 N–H and O–H groups in total. The van der Waals surface area contributed by atoms with Crippen LogP contribution in [0.1, 0.15) is 22.8 Å². The van der Waals surface area contributed by atoms with Gasteiger partial charge < -0.3 is 9.72 Å². The van der Waals surface area contributed by atoms with E-state index in [4.69, 9.17) is 4.74 Å². The molecule has 0 unspecified atom stereocenters. The number of ether oxygens (including phenoxy) is 1. The van der Waals surface area contributed by atoms with Crippen molar-refractivity contribution in [1.82, 2.24) is 4.98 Å². The van der Waals surface area contributed by atoms with Gasteiger partial charge in [0.2, 0.25) is 0 Å². The van der Waals surface area contributed by atoms with E-state index in [0.29, 0.717) is 5.39 Å².